The van der Waals surface area contributed by atoms with E-state index in [1.165, 1.54) is 6.20 Å². The second kappa shape index (κ2) is 6.35. The van der Waals surface area contributed by atoms with E-state index in [-0.39, 0.29) is 5.97 Å². The predicted molar refractivity (Wildman–Crippen MR) is 78.6 cm³/mol. The topological polar surface area (TPSA) is 45.7 Å². The molecule has 1 fully saturated rings. The number of hydrogen-bond donors (Lipinski definition) is 0. The molecule has 1 aliphatic rings. The van der Waals surface area contributed by atoms with Gasteiger partial charge in [-0.2, -0.15) is 13.2 Å². The van der Waals surface area contributed by atoms with Gasteiger partial charge in [-0.1, -0.05) is 0 Å². The van der Waals surface area contributed by atoms with Crippen LogP contribution in [0.25, 0.3) is 0 Å². The van der Waals surface area contributed by atoms with Crippen LogP contribution < -0.4 is 4.90 Å². The maximum Gasteiger partial charge on any atom is 0.417 e. The first kappa shape index (κ1) is 17.5. The summed E-state index contributed by atoms with van der Waals surface area (Å²) in [5.74, 6) is -0.327. The molecule has 5 nitrogen and oxygen atoms in total. The Bertz CT molecular complexity index is 562. The fraction of sp³-hybridized carbons (Fsp3) is 0.600. The average Bonchev–Trinajstić information content (AvgIpc) is 2.46. The molecule has 1 aromatic rings. The van der Waals surface area contributed by atoms with Crippen molar-refractivity contribution < 1.29 is 22.8 Å². The van der Waals surface area contributed by atoms with E-state index in [0.717, 1.165) is 12.3 Å². The van der Waals surface area contributed by atoms with Crippen molar-refractivity contribution in [2.75, 3.05) is 31.1 Å². The smallest absolute Gasteiger partial charge is 0.367 e. The zero-order valence-corrected chi connectivity index (χ0v) is 13.4. The molecule has 0 radical (unpaired) electrons. The van der Waals surface area contributed by atoms with Gasteiger partial charge in [0.25, 0.3) is 0 Å². The van der Waals surface area contributed by atoms with E-state index in [0.29, 0.717) is 31.9 Å². The number of carbonyl (C=O) groups is 1. The Labute approximate surface area is 133 Å². The largest absolute Gasteiger partial charge is 0.417 e. The number of halogens is 3. The molecule has 0 N–H and O–H groups in total. The molecule has 0 amide bonds. The van der Waals surface area contributed by atoms with E-state index in [2.05, 4.69) is 4.98 Å². The molecule has 0 aromatic carbocycles. The van der Waals surface area contributed by atoms with E-state index in [1.807, 2.05) is 0 Å². The number of aromatic nitrogens is 1. The van der Waals surface area contributed by atoms with Gasteiger partial charge in [0.05, 0.1) is 36.0 Å². The second-order valence-corrected chi connectivity index (χ2v) is 6.47. The van der Waals surface area contributed by atoms with Crippen LogP contribution in [0, 0.1) is 5.41 Å². The Hall–Kier alpha value is -1.83. The Morgan fingerprint density at radius 2 is 1.74 bits per heavy atom. The van der Waals surface area contributed by atoms with Crippen LogP contribution in [0.2, 0.25) is 0 Å². The Morgan fingerprint density at radius 1 is 1.13 bits per heavy atom. The van der Waals surface area contributed by atoms with Crippen molar-refractivity contribution in [3.05, 3.63) is 24.0 Å². The highest BCUT2D eigenvalue weighted by Gasteiger charge is 2.32. The molecule has 0 aliphatic carbocycles. The fourth-order valence-electron chi connectivity index (χ4n) is 2.05. The normalized spacial score (nSPS) is 17.2. The molecule has 0 spiro atoms. The summed E-state index contributed by atoms with van der Waals surface area (Å²) in [4.78, 5) is 22.6. The highest BCUT2D eigenvalue weighted by molar-refractivity contribution is 5.75. The van der Waals surface area contributed by atoms with E-state index in [1.54, 1.807) is 30.7 Å². The minimum atomic E-state index is -4.41. The van der Waals surface area contributed by atoms with Gasteiger partial charge in [0.1, 0.15) is 0 Å². The van der Waals surface area contributed by atoms with Crippen molar-refractivity contribution in [2.24, 2.45) is 5.41 Å². The Morgan fingerprint density at radius 3 is 2.26 bits per heavy atom. The maximum absolute atomic E-state index is 12.7. The molecule has 0 atom stereocenters. The zero-order valence-electron chi connectivity index (χ0n) is 13.4. The standard InChI is InChI=1S/C15H20F3N3O2/c1-14(2,3)13(22)23-21-6-4-20(5-7-21)12-8-11(9-19-10-12)15(16,17)18/h8-10H,4-7H2,1-3H3. The number of carbonyl (C=O) groups excluding carboxylic acids is 1. The number of hydrogen-bond acceptors (Lipinski definition) is 5. The summed E-state index contributed by atoms with van der Waals surface area (Å²) in [5, 5.41) is 1.55. The van der Waals surface area contributed by atoms with Gasteiger partial charge in [-0.05, 0) is 26.8 Å². The van der Waals surface area contributed by atoms with Crippen LogP contribution in [0.5, 0.6) is 0 Å². The van der Waals surface area contributed by atoms with Gasteiger partial charge in [0, 0.05) is 19.3 Å². The van der Waals surface area contributed by atoms with Gasteiger partial charge in [-0.3, -0.25) is 4.98 Å². The summed E-state index contributed by atoms with van der Waals surface area (Å²) in [6.07, 6.45) is -2.19. The van der Waals surface area contributed by atoms with Crippen molar-refractivity contribution in [3.8, 4) is 0 Å². The van der Waals surface area contributed by atoms with Gasteiger partial charge in [-0.15, -0.1) is 5.06 Å². The first-order valence-corrected chi connectivity index (χ1v) is 7.32. The molecule has 1 aliphatic heterocycles. The van der Waals surface area contributed by atoms with E-state index >= 15 is 0 Å². The summed E-state index contributed by atoms with van der Waals surface area (Å²) in [6, 6.07) is 1.09. The summed E-state index contributed by atoms with van der Waals surface area (Å²) in [7, 11) is 0. The van der Waals surface area contributed by atoms with E-state index in [4.69, 9.17) is 4.84 Å². The van der Waals surface area contributed by atoms with Crippen LogP contribution in [-0.2, 0) is 15.8 Å². The van der Waals surface area contributed by atoms with Gasteiger partial charge >= 0.3 is 12.1 Å². The molecule has 2 heterocycles. The molecular weight excluding hydrogens is 311 g/mol. The summed E-state index contributed by atoms with van der Waals surface area (Å²) in [5.41, 5.74) is -0.944. The number of pyridine rings is 1. The lowest BCUT2D eigenvalue weighted by Crippen LogP contribution is -2.48. The number of nitrogens with zero attached hydrogens (tertiary/aromatic N) is 3. The van der Waals surface area contributed by atoms with Crippen LogP contribution in [-0.4, -0.2) is 42.2 Å². The van der Waals surface area contributed by atoms with Gasteiger partial charge in [-0.25, -0.2) is 4.79 Å². The molecule has 0 bridgehead atoms. The summed E-state index contributed by atoms with van der Waals surface area (Å²) < 4.78 is 38.2. The number of hydroxylamine groups is 2. The minimum Gasteiger partial charge on any atom is -0.367 e. The maximum atomic E-state index is 12.7. The first-order valence-electron chi connectivity index (χ1n) is 7.32. The second-order valence-electron chi connectivity index (χ2n) is 6.47. The van der Waals surface area contributed by atoms with Crippen LogP contribution in [0.3, 0.4) is 0 Å². The van der Waals surface area contributed by atoms with Crippen LogP contribution in [0.4, 0.5) is 18.9 Å². The van der Waals surface area contributed by atoms with Crippen LogP contribution in [0.15, 0.2) is 18.5 Å². The molecule has 0 saturated carbocycles. The molecular formula is C15H20F3N3O2. The number of rotatable bonds is 2. The van der Waals surface area contributed by atoms with Crippen molar-refractivity contribution >= 4 is 11.7 Å². The number of anilines is 1. The van der Waals surface area contributed by atoms with E-state index in [9.17, 15) is 18.0 Å². The quantitative estimate of drug-likeness (QED) is 0.834. The van der Waals surface area contributed by atoms with Crippen molar-refractivity contribution in [2.45, 2.75) is 26.9 Å². The highest BCUT2D eigenvalue weighted by Crippen LogP contribution is 2.31. The lowest BCUT2D eigenvalue weighted by molar-refractivity contribution is -0.201. The van der Waals surface area contributed by atoms with Crippen LogP contribution >= 0.6 is 0 Å². The predicted octanol–water partition coefficient (Wildman–Crippen LogP) is 2.73. The van der Waals surface area contributed by atoms with Gasteiger partial charge in [0.2, 0.25) is 0 Å². The summed E-state index contributed by atoms with van der Waals surface area (Å²) >= 11 is 0. The summed E-state index contributed by atoms with van der Waals surface area (Å²) in [6.45, 7) is 7.07. The minimum absolute atomic E-state index is 0.327. The first-order chi connectivity index (χ1) is 10.6. The molecule has 128 valence electrons. The Kier molecular flexibility index (Phi) is 4.84. The molecule has 2 rings (SSSR count). The van der Waals surface area contributed by atoms with Crippen molar-refractivity contribution in [3.63, 3.8) is 0 Å². The van der Waals surface area contributed by atoms with Crippen LogP contribution in [0.1, 0.15) is 26.3 Å². The lowest BCUT2D eigenvalue weighted by Gasteiger charge is -2.35. The van der Waals surface area contributed by atoms with Crippen molar-refractivity contribution in [1.82, 2.24) is 10.0 Å². The Balaban J connectivity index is 1.96. The molecule has 0 unspecified atom stereocenters. The molecule has 23 heavy (non-hydrogen) atoms. The molecule has 1 aromatic heterocycles. The lowest BCUT2D eigenvalue weighted by atomic mass is 9.98. The third-order valence-corrected chi connectivity index (χ3v) is 3.48. The van der Waals surface area contributed by atoms with E-state index < -0.39 is 17.2 Å². The zero-order chi connectivity index (χ0) is 17.3. The third kappa shape index (κ3) is 4.57. The third-order valence-electron chi connectivity index (χ3n) is 3.48. The average molecular weight is 331 g/mol. The van der Waals surface area contributed by atoms with Crippen molar-refractivity contribution in [1.29, 1.82) is 0 Å². The van der Waals surface area contributed by atoms with Gasteiger partial charge in [0.15, 0.2) is 0 Å². The molecule has 8 heteroatoms. The fourth-order valence-corrected chi connectivity index (χ4v) is 2.05. The van der Waals surface area contributed by atoms with Gasteiger partial charge < -0.3 is 9.74 Å². The highest BCUT2D eigenvalue weighted by atomic mass is 19.4. The molecule has 1 saturated heterocycles. The monoisotopic (exact) mass is 331 g/mol. The number of piperazine rings is 1. The number of alkyl halides is 3. The SMILES string of the molecule is CC(C)(C)C(=O)ON1CCN(c2cncc(C(F)(F)F)c2)CC1.